The minimum absolute atomic E-state index is 0.0231. The summed E-state index contributed by atoms with van der Waals surface area (Å²) in [4.78, 5) is 12.3. The van der Waals surface area contributed by atoms with Crippen LogP contribution in [-0.4, -0.2) is 19.1 Å². The van der Waals surface area contributed by atoms with Crippen molar-refractivity contribution in [2.75, 3.05) is 18.5 Å². The normalized spacial score (nSPS) is 13.1. The Labute approximate surface area is 140 Å². The van der Waals surface area contributed by atoms with E-state index < -0.39 is 5.91 Å². The molecule has 5 nitrogen and oxygen atoms in total. The molecule has 0 bridgehead atoms. The molecule has 0 aliphatic carbocycles. The topological polar surface area (TPSA) is 71.4 Å². The molecule has 0 saturated heterocycles. The number of hydrogen-bond donors (Lipinski definition) is 1. The van der Waals surface area contributed by atoms with Gasteiger partial charge in [-0.3, -0.25) is 4.79 Å². The second kappa shape index (κ2) is 6.88. The summed E-state index contributed by atoms with van der Waals surface area (Å²) in [7, 11) is 0. The van der Waals surface area contributed by atoms with Crippen molar-refractivity contribution in [2.45, 2.75) is 6.92 Å². The van der Waals surface area contributed by atoms with Gasteiger partial charge in [0.2, 0.25) is 0 Å². The molecule has 1 N–H and O–H groups in total. The van der Waals surface area contributed by atoms with Gasteiger partial charge in [0.05, 0.1) is 0 Å². The fraction of sp³-hybridized carbons (Fsp3) is 0.158. The van der Waals surface area contributed by atoms with Crippen LogP contribution in [0.25, 0.3) is 6.08 Å². The van der Waals surface area contributed by atoms with Gasteiger partial charge in [-0.2, -0.15) is 5.26 Å². The van der Waals surface area contributed by atoms with Gasteiger partial charge in [-0.15, -0.1) is 0 Å². The summed E-state index contributed by atoms with van der Waals surface area (Å²) in [6, 6.07) is 14.7. The van der Waals surface area contributed by atoms with Crippen LogP contribution in [0, 0.1) is 18.3 Å². The maximum Gasteiger partial charge on any atom is 0.266 e. The smallest absolute Gasteiger partial charge is 0.266 e. The first kappa shape index (κ1) is 15.6. The van der Waals surface area contributed by atoms with E-state index in [0.29, 0.717) is 36.0 Å². The zero-order chi connectivity index (χ0) is 16.9. The highest BCUT2D eigenvalue weighted by Gasteiger charge is 2.14. The molecule has 0 unspecified atom stereocenters. The first-order chi connectivity index (χ1) is 11.7. The van der Waals surface area contributed by atoms with Crippen molar-refractivity contribution < 1.29 is 14.3 Å². The van der Waals surface area contributed by atoms with E-state index >= 15 is 0 Å². The van der Waals surface area contributed by atoms with E-state index in [-0.39, 0.29) is 5.57 Å². The monoisotopic (exact) mass is 320 g/mol. The SMILES string of the molecule is Cc1ccccc1NC(=O)C(C#N)=Cc1ccc2c(c1)OCCO2. The summed E-state index contributed by atoms with van der Waals surface area (Å²) in [6.07, 6.45) is 1.53. The molecule has 0 atom stereocenters. The second-order valence-electron chi connectivity index (χ2n) is 5.34. The van der Waals surface area contributed by atoms with E-state index in [1.807, 2.05) is 31.2 Å². The Morgan fingerprint density at radius 3 is 2.67 bits per heavy atom. The number of hydrogen-bond acceptors (Lipinski definition) is 4. The predicted molar refractivity (Wildman–Crippen MR) is 90.8 cm³/mol. The van der Waals surface area contributed by atoms with Crippen LogP contribution >= 0.6 is 0 Å². The Kier molecular flexibility index (Phi) is 4.48. The number of anilines is 1. The third-order valence-corrected chi connectivity index (χ3v) is 3.64. The van der Waals surface area contributed by atoms with E-state index in [4.69, 9.17) is 9.47 Å². The maximum absolute atomic E-state index is 12.3. The first-order valence-corrected chi connectivity index (χ1v) is 7.56. The minimum Gasteiger partial charge on any atom is -0.486 e. The van der Waals surface area contributed by atoms with E-state index in [2.05, 4.69) is 5.32 Å². The van der Waals surface area contributed by atoms with Crippen LogP contribution in [0.2, 0.25) is 0 Å². The van der Waals surface area contributed by atoms with Crippen LogP contribution in [0.15, 0.2) is 48.0 Å². The highest BCUT2D eigenvalue weighted by molar-refractivity contribution is 6.10. The molecule has 1 heterocycles. The third kappa shape index (κ3) is 3.39. The lowest BCUT2D eigenvalue weighted by atomic mass is 10.1. The van der Waals surface area contributed by atoms with Crippen molar-refractivity contribution in [2.24, 2.45) is 0 Å². The van der Waals surface area contributed by atoms with Gasteiger partial charge in [0, 0.05) is 5.69 Å². The Bertz CT molecular complexity index is 850. The van der Waals surface area contributed by atoms with Crippen LogP contribution in [0.5, 0.6) is 11.5 Å². The van der Waals surface area contributed by atoms with Crippen molar-refractivity contribution in [1.29, 1.82) is 5.26 Å². The number of nitrogens with zero attached hydrogens (tertiary/aromatic N) is 1. The predicted octanol–water partition coefficient (Wildman–Crippen LogP) is 3.31. The molecule has 0 radical (unpaired) electrons. The molecule has 1 amide bonds. The van der Waals surface area contributed by atoms with Crippen LogP contribution in [-0.2, 0) is 4.79 Å². The van der Waals surface area contributed by atoms with Gasteiger partial charge in [0.25, 0.3) is 5.91 Å². The van der Waals surface area contributed by atoms with Crippen molar-refractivity contribution in [3.63, 3.8) is 0 Å². The zero-order valence-electron chi connectivity index (χ0n) is 13.2. The van der Waals surface area contributed by atoms with Gasteiger partial charge >= 0.3 is 0 Å². The molecule has 3 rings (SSSR count). The zero-order valence-corrected chi connectivity index (χ0v) is 13.2. The lowest BCUT2D eigenvalue weighted by Gasteiger charge is -2.18. The number of carbonyl (C=O) groups is 1. The summed E-state index contributed by atoms with van der Waals surface area (Å²) >= 11 is 0. The number of carbonyl (C=O) groups excluding carboxylic acids is 1. The number of ether oxygens (including phenoxy) is 2. The van der Waals surface area contributed by atoms with E-state index in [0.717, 1.165) is 5.56 Å². The fourth-order valence-corrected chi connectivity index (χ4v) is 2.37. The Balaban J connectivity index is 1.83. The molecule has 24 heavy (non-hydrogen) atoms. The van der Waals surface area contributed by atoms with Crippen molar-refractivity contribution in [1.82, 2.24) is 0 Å². The summed E-state index contributed by atoms with van der Waals surface area (Å²) in [5, 5.41) is 12.1. The lowest BCUT2D eigenvalue weighted by Crippen LogP contribution is -2.15. The van der Waals surface area contributed by atoms with Crippen LogP contribution < -0.4 is 14.8 Å². The first-order valence-electron chi connectivity index (χ1n) is 7.56. The van der Waals surface area contributed by atoms with Crippen molar-refractivity contribution in [3.8, 4) is 17.6 Å². The summed E-state index contributed by atoms with van der Waals surface area (Å²) in [5.41, 5.74) is 2.35. The molecular formula is C19H16N2O3. The number of para-hydroxylation sites is 1. The number of nitrogens with one attached hydrogen (secondary N) is 1. The lowest BCUT2D eigenvalue weighted by molar-refractivity contribution is -0.112. The number of nitriles is 1. The minimum atomic E-state index is -0.443. The van der Waals surface area contributed by atoms with E-state index in [1.54, 1.807) is 24.3 Å². The summed E-state index contributed by atoms with van der Waals surface area (Å²) in [5.74, 6) is 0.842. The van der Waals surface area contributed by atoms with Gasteiger partial charge in [-0.05, 0) is 42.3 Å². The van der Waals surface area contributed by atoms with Gasteiger partial charge < -0.3 is 14.8 Å². The molecule has 2 aromatic rings. The van der Waals surface area contributed by atoms with Crippen molar-refractivity contribution in [3.05, 3.63) is 59.2 Å². The van der Waals surface area contributed by atoms with Gasteiger partial charge in [0.1, 0.15) is 24.9 Å². The van der Waals surface area contributed by atoms with Gasteiger partial charge in [-0.25, -0.2) is 0 Å². The second-order valence-corrected chi connectivity index (χ2v) is 5.34. The molecule has 2 aromatic carbocycles. The quantitative estimate of drug-likeness (QED) is 0.695. The number of fused-ring (bicyclic) bond motifs is 1. The fourth-order valence-electron chi connectivity index (χ4n) is 2.37. The molecule has 0 aromatic heterocycles. The average molecular weight is 320 g/mol. The third-order valence-electron chi connectivity index (χ3n) is 3.64. The van der Waals surface area contributed by atoms with E-state index in [1.165, 1.54) is 6.08 Å². The molecule has 120 valence electrons. The molecular weight excluding hydrogens is 304 g/mol. The molecule has 1 aliphatic rings. The van der Waals surface area contributed by atoms with Crippen molar-refractivity contribution >= 4 is 17.7 Å². The number of benzene rings is 2. The largest absolute Gasteiger partial charge is 0.486 e. The number of amides is 1. The molecule has 1 aliphatic heterocycles. The highest BCUT2D eigenvalue weighted by Crippen LogP contribution is 2.31. The van der Waals surface area contributed by atoms with Crippen LogP contribution in [0.1, 0.15) is 11.1 Å². The Hall–Kier alpha value is -3.26. The number of aryl methyl sites for hydroxylation is 1. The Morgan fingerprint density at radius 2 is 1.92 bits per heavy atom. The molecule has 0 fully saturated rings. The molecule has 5 heteroatoms. The summed E-state index contributed by atoms with van der Waals surface area (Å²) in [6.45, 7) is 2.90. The molecule has 0 spiro atoms. The van der Waals surface area contributed by atoms with Crippen LogP contribution in [0.3, 0.4) is 0 Å². The van der Waals surface area contributed by atoms with Gasteiger partial charge in [-0.1, -0.05) is 24.3 Å². The van der Waals surface area contributed by atoms with E-state index in [9.17, 15) is 10.1 Å². The highest BCUT2D eigenvalue weighted by atomic mass is 16.6. The average Bonchev–Trinajstić information content (AvgIpc) is 2.61. The standard InChI is InChI=1S/C19H16N2O3/c1-13-4-2-3-5-16(13)21-19(22)15(12-20)10-14-6-7-17-18(11-14)24-9-8-23-17/h2-7,10-11H,8-9H2,1H3,(H,21,22). The number of rotatable bonds is 3. The summed E-state index contributed by atoms with van der Waals surface area (Å²) < 4.78 is 11.0. The van der Waals surface area contributed by atoms with Crippen LogP contribution in [0.4, 0.5) is 5.69 Å². The maximum atomic E-state index is 12.3. The Morgan fingerprint density at radius 1 is 1.17 bits per heavy atom. The van der Waals surface area contributed by atoms with Gasteiger partial charge in [0.15, 0.2) is 11.5 Å². The molecule has 0 saturated carbocycles.